The van der Waals surface area contributed by atoms with E-state index < -0.39 is 0 Å². The Morgan fingerprint density at radius 1 is 1.13 bits per heavy atom. The molecule has 2 aromatic carbocycles. The molecule has 1 amide bonds. The summed E-state index contributed by atoms with van der Waals surface area (Å²) in [5.74, 6) is 1.23. The first-order valence-electron chi connectivity index (χ1n) is 12.5. The second kappa shape index (κ2) is 13.2. The van der Waals surface area contributed by atoms with Gasteiger partial charge in [-0.15, -0.1) is 10.2 Å². The molecular formula is C26H26Cl2N6O3S2. The van der Waals surface area contributed by atoms with E-state index in [1.807, 2.05) is 36.4 Å². The molecule has 2 aliphatic heterocycles. The Kier molecular flexibility index (Phi) is 9.49. The molecule has 1 aromatic heterocycles. The lowest BCUT2D eigenvalue weighted by Gasteiger charge is -2.26. The van der Waals surface area contributed by atoms with Crippen molar-refractivity contribution in [1.29, 1.82) is 0 Å². The van der Waals surface area contributed by atoms with Crippen molar-refractivity contribution in [2.45, 2.75) is 12.8 Å². The van der Waals surface area contributed by atoms with Crippen LogP contribution in [0.1, 0.15) is 17.8 Å². The van der Waals surface area contributed by atoms with Crippen LogP contribution >= 0.6 is 47.2 Å². The number of nitrogens with zero attached hydrogens (tertiary/aromatic N) is 5. The number of nitrogens with one attached hydrogen (secondary N) is 1. The molecule has 9 nitrogen and oxygen atoms in total. The summed E-state index contributed by atoms with van der Waals surface area (Å²) >= 11 is 19.3. The summed E-state index contributed by atoms with van der Waals surface area (Å²) in [6, 6.07) is 11.4. The number of aryl methyl sites for hydroxylation is 1. The van der Waals surface area contributed by atoms with E-state index >= 15 is 0 Å². The monoisotopic (exact) mass is 604 g/mol. The molecular weight excluding hydrogens is 579 g/mol. The number of ether oxygens (including phenoxy) is 2. The van der Waals surface area contributed by atoms with Crippen molar-refractivity contribution >= 4 is 63.5 Å². The predicted octanol–water partition coefficient (Wildman–Crippen LogP) is 4.72. The van der Waals surface area contributed by atoms with Gasteiger partial charge in [0.25, 0.3) is 5.91 Å². The molecule has 2 aliphatic rings. The number of thioether (sulfide) groups is 1. The molecule has 5 rings (SSSR count). The van der Waals surface area contributed by atoms with Crippen LogP contribution < -0.4 is 4.74 Å². The molecule has 2 fully saturated rings. The number of amides is 1. The van der Waals surface area contributed by atoms with E-state index in [1.54, 1.807) is 11.0 Å². The Balaban J connectivity index is 1.33. The Hall–Kier alpha value is -2.54. The molecule has 39 heavy (non-hydrogen) atoms. The summed E-state index contributed by atoms with van der Waals surface area (Å²) in [6.45, 7) is 5.12. The van der Waals surface area contributed by atoms with Gasteiger partial charge in [-0.3, -0.25) is 14.6 Å². The van der Waals surface area contributed by atoms with Crippen LogP contribution in [0, 0.1) is 0 Å². The molecule has 13 heteroatoms. The lowest BCUT2D eigenvalue weighted by atomic mass is 10.0. The van der Waals surface area contributed by atoms with Crippen molar-refractivity contribution in [2.75, 3.05) is 46.0 Å². The first-order valence-corrected chi connectivity index (χ1v) is 14.5. The normalized spacial score (nSPS) is 17.4. The standard InChI is InChI=1S/C26H26Cl2N6O3S2/c27-20-5-4-18(16-21(20)28)19-14-17(3-6-22(19)37-13-10-33-8-11-36-12-9-33)15-23-25(35)34(26(38)39-23)7-1-2-24-29-31-32-30-24/h3-6,14-16H,1-2,7-13H2,(H,29,30,31,32). The van der Waals surface area contributed by atoms with E-state index in [4.69, 9.17) is 44.9 Å². The number of hydrogen-bond acceptors (Lipinski definition) is 9. The highest BCUT2D eigenvalue weighted by molar-refractivity contribution is 8.26. The van der Waals surface area contributed by atoms with Gasteiger partial charge in [-0.05, 0) is 47.9 Å². The predicted molar refractivity (Wildman–Crippen MR) is 157 cm³/mol. The summed E-state index contributed by atoms with van der Waals surface area (Å²) in [7, 11) is 0. The number of morpholine rings is 1. The number of H-pyrrole nitrogens is 1. The summed E-state index contributed by atoms with van der Waals surface area (Å²) in [5, 5.41) is 14.8. The number of tetrazole rings is 1. The Morgan fingerprint density at radius 2 is 1.97 bits per heavy atom. The molecule has 0 unspecified atom stereocenters. The summed E-state index contributed by atoms with van der Waals surface area (Å²) in [4.78, 5) is 17.6. The average molecular weight is 606 g/mol. The number of hydrogen-bond donors (Lipinski definition) is 1. The Bertz CT molecular complexity index is 1370. The summed E-state index contributed by atoms with van der Waals surface area (Å²) in [6.07, 6.45) is 3.14. The molecule has 204 valence electrons. The number of carbonyl (C=O) groups is 1. The van der Waals surface area contributed by atoms with Gasteiger partial charge in [-0.1, -0.05) is 64.5 Å². The number of halogens is 2. The zero-order chi connectivity index (χ0) is 27.2. The molecule has 0 aliphatic carbocycles. The van der Waals surface area contributed by atoms with Crippen molar-refractivity contribution in [3.05, 3.63) is 62.7 Å². The summed E-state index contributed by atoms with van der Waals surface area (Å²) in [5.41, 5.74) is 2.58. The van der Waals surface area contributed by atoms with E-state index in [9.17, 15) is 4.79 Å². The topological polar surface area (TPSA) is 96.5 Å². The van der Waals surface area contributed by atoms with Gasteiger partial charge in [0.05, 0.1) is 28.2 Å². The highest BCUT2D eigenvalue weighted by Gasteiger charge is 2.31. The minimum Gasteiger partial charge on any atom is -0.492 e. The van der Waals surface area contributed by atoms with Gasteiger partial charge in [0.1, 0.15) is 16.7 Å². The van der Waals surface area contributed by atoms with Crippen LogP contribution in [-0.2, 0) is 16.0 Å². The second-order valence-electron chi connectivity index (χ2n) is 8.95. The Morgan fingerprint density at radius 3 is 2.74 bits per heavy atom. The highest BCUT2D eigenvalue weighted by atomic mass is 35.5. The fourth-order valence-corrected chi connectivity index (χ4v) is 5.90. The van der Waals surface area contributed by atoms with Crippen LogP contribution in [0.2, 0.25) is 10.0 Å². The fourth-order valence-electron chi connectivity index (χ4n) is 4.29. The van der Waals surface area contributed by atoms with Gasteiger partial charge < -0.3 is 9.47 Å². The SMILES string of the molecule is O=C1C(=Cc2ccc(OCCN3CCOCC3)c(-c3ccc(Cl)c(Cl)c3)c2)SC(=S)N1CCCc1nn[nH]n1. The third-order valence-corrected chi connectivity index (χ3v) is 8.46. The van der Waals surface area contributed by atoms with Crippen molar-refractivity contribution in [2.24, 2.45) is 0 Å². The quantitative estimate of drug-likeness (QED) is 0.260. The maximum absolute atomic E-state index is 13.1. The fraction of sp³-hybridized carbons (Fsp3) is 0.346. The van der Waals surface area contributed by atoms with Gasteiger partial charge in [-0.25, -0.2) is 0 Å². The highest BCUT2D eigenvalue weighted by Crippen LogP contribution is 2.37. The molecule has 0 atom stereocenters. The lowest BCUT2D eigenvalue weighted by molar-refractivity contribution is -0.122. The number of aromatic amines is 1. The van der Waals surface area contributed by atoms with E-state index in [0.717, 1.165) is 55.3 Å². The molecule has 0 saturated carbocycles. The molecule has 3 heterocycles. The van der Waals surface area contributed by atoms with Gasteiger partial charge in [-0.2, -0.15) is 5.21 Å². The molecule has 1 N–H and O–H groups in total. The molecule has 3 aromatic rings. The van der Waals surface area contributed by atoms with Crippen LogP contribution in [0.4, 0.5) is 0 Å². The average Bonchev–Trinajstić information content (AvgIpc) is 3.55. The zero-order valence-corrected chi connectivity index (χ0v) is 24.1. The maximum Gasteiger partial charge on any atom is 0.266 e. The second-order valence-corrected chi connectivity index (χ2v) is 11.4. The third-order valence-electron chi connectivity index (χ3n) is 6.35. The first-order chi connectivity index (χ1) is 19.0. The van der Waals surface area contributed by atoms with Gasteiger partial charge in [0.2, 0.25) is 0 Å². The number of rotatable bonds is 10. The van der Waals surface area contributed by atoms with Crippen LogP contribution in [0.15, 0.2) is 41.3 Å². The number of carbonyl (C=O) groups excluding carboxylic acids is 1. The van der Waals surface area contributed by atoms with Crippen LogP contribution in [0.25, 0.3) is 17.2 Å². The maximum atomic E-state index is 13.1. The molecule has 0 bridgehead atoms. The van der Waals surface area contributed by atoms with Crippen LogP contribution in [-0.4, -0.2) is 86.7 Å². The van der Waals surface area contributed by atoms with E-state index in [1.165, 1.54) is 11.8 Å². The van der Waals surface area contributed by atoms with Crippen LogP contribution in [0.5, 0.6) is 5.75 Å². The molecule has 0 spiro atoms. The third kappa shape index (κ3) is 7.16. The van der Waals surface area contributed by atoms with E-state index in [0.29, 0.717) is 51.1 Å². The van der Waals surface area contributed by atoms with Crippen LogP contribution in [0.3, 0.4) is 0 Å². The zero-order valence-electron chi connectivity index (χ0n) is 20.9. The van der Waals surface area contributed by atoms with Crippen molar-refractivity contribution < 1.29 is 14.3 Å². The van der Waals surface area contributed by atoms with Gasteiger partial charge in [0.15, 0.2) is 5.82 Å². The smallest absolute Gasteiger partial charge is 0.266 e. The van der Waals surface area contributed by atoms with Crippen molar-refractivity contribution in [3.8, 4) is 16.9 Å². The minimum atomic E-state index is -0.111. The number of benzene rings is 2. The molecule has 2 saturated heterocycles. The van der Waals surface area contributed by atoms with E-state index in [2.05, 4.69) is 25.5 Å². The number of thiocarbonyl (C=S) groups is 1. The largest absolute Gasteiger partial charge is 0.492 e. The van der Waals surface area contributed by atoms with E-state index in [-0.39, 0.29) is 5.91 Å². The Labute approximate surface area is 245 Å². The number of aromatic nitrogens is 4. The van der Waals surface area contributed by atoms with Crippen molar-refractivity contribution in [3.63, 3.8) is 0 Å². The van der Waals surface area contributed by atoms with Gasteiger partial charge in [0, 0.05) is 38.2 Å². The first kappa shape index (κ1) is 28.0. The van der Waals surface area contributed by atoms with Crippen molar-refractivity contribution in [1.82, 2.24) is 30.4 Å². The minimum absolute atomic E-state index is 0.111. The van der Waals surface area contributed by atoms with Gasteiger partial charge >= 0.3 is 0 Å². The summed E-state index contributed by atoms with van der Waals surface area (Å²) < 4.78 is 12.2. The molecule has 0 radical (unpaired) electrons. The lowest BCUT2D eigenvalue weighted by Crippen LogP contribution is -2.38.